The quantitative estimate of drug-likeness (QED) is 0.381. The van der Waals surface area contributed by atoms with E-state index in [1.807, 2.05) is 10.8 Å². The molecule has 8 heteroatoms. The average Bonchev–Trinajstić information content (AvgIpc) is 3.14. The molecule has 1 aliphatic heterocycles. The van der Waals surface area contributed by atoms with Gasteiger partial charge in [-0.1, -0.05) is 25.5 Å². The number of fused-ring (bicyclic) bond motifs is 3. The van der Waals surface area contributed by atoms with Gasteiger partial charge < -0.3 is 14.0 Å². The standard InChI is InChI=1S/C24H28FN3O4/c1-2-3-10-31-11-12-32-16-18-15-27(14-17-4-6-19(25)7-5-17)21-13-26-23-20(22(18)21)8-9-28(30)24(23)29/h4-7,13,15,30H,2-3,8-12,14,16H2,1H3. The van der Waals surface area contributed by atoms with Crippen LogP contribution >= 0.6 is 0 Å². The Morgan fingerprint density at radius 2 is 1.94 bits per heavy atom. The fourth-order valence-electron chi connectivity index (χ4n) is 3.98. The van der Waals surface area contributed by atoms with Crippen LogP contribution in [0.3, 0.4) is 0 Å². The summed E-state index contributed by atoms with van der Waals surface area (Å²) in [6.45, 7) is 5.00. The first kappa shape index (κ1) is 22.4. The van der Waals surface area contributed by atoms with Crippen LogP contribution in [0.25, 0.3) is 10.9 Å². The van der Waals surface area contributed by atoms with E-state index in [0.717, 1.165) is 47.0 Å². The molecule has 0 bridgehead atoms. The van der Waals surface area contributed by atoms with Gasteiger partial charge in [-0.2, -0.15) is 0 Å². The molecule has 2 aromatic heterocycles. The van der Waals surface area contributed by atoms with Crippen LogP contribution in [0.1, 0.15) is 46.9 Å². The number of hydrogen-bond acceptors (Lipinski definition) is 5. The van der Waals surface area contributed by atoms with E-state index in [9.17, 15) is 14.4 Å². The predicted molar refractivity (Wildman–Crippen MR) is 117 cm³/mol. The highest BCUT2D eigenvalue weighted by atomic mass is 19.1. The van der Waals surface area contributed by atoms with Gasteiger partial charge in [-0.05, 0) is 36.1 Å². The minimum atomic E-state index is -0.490. The number of pyridine rings is 1. The first-order chi connectivity index (χ1) is 15.6. The van der Waals surface area contributed by atoms with Crippen LogP contribution in [-0.2, 0) is 29.0 Å². The molecule has 0 radical (unpaired) electrons. The number of benzene rings is 1. The lowest BCUT2D eigenvalue weighted by Crippen LogP contribution is -2.35. The minimum absolute atomic E-state index is 0.224. The second-order valence-electron chi connectivity index (χ2n) is 7.95. The van der Waals surface area contributed by atoms with Gasteiger partial charge in [0.15, 0.2) is 0 Å². The SMILES string of the molecule is CCCCOCCOCc1cn(Cc2ccc(F)cc2)c2cnc3c(c12)CCN(O)C3=O. The summed E-state index contributed by atoms with van der Waals surface area (Å²) < 4.78 is 26.8. The monoisotopic (exact) mass is 441 g/mol. The minimum Gasteiger partial charge on any atom is -0.379 e. The van der Waals surface area contributed by atoms with Gasteiger partial charge in [0.2, 0.25) is 0 Å². The summed E-state index contributed by atoms with van der Waals surface area (Å²) in [5.41, 5.74) is 3.89. The molecule has 0 atom stereocenters. The van der Waals surface area contributed by atoms with E-state index in [4.69, 9.17) is 9.47 Å². The van der Waals surface area contributed by atoms with Gasteiger partial charge in [0.25, 0.3) is 5.91 Å². The number of carbonyl (C=O) groups excluding carboxylic acids is 1. The van der Waals surface area contributed by atoms with Crippen LogP contribution in [0.15, 0.2) is 36.7 Å². The van der Waals surface area contributed by atoms with Crippen LogP contribution in [0.5, 0.6) is 0 Å². The largest absolute Gasteiger partial charge is 0.379 e. The van der Waals surface area contributed by atoms with Gasteiger partial charge in [-0.15, -0.1) is 0 Å². The molecule has 3 heterocycles. The molecule has 0 unspecified atom stereocenters. The van der Waals surface area contributed by atoms with E-state index in [1.165, 1.54) is 12.1 Å². The second-order valence-corrected chi connectivity index (χ2v) is 7.95. The highest BCUT2D eigenvalue weighted by Crippen LogP contribution is 2.31. The molecule has 1 aromatic carbocycles. The summed E-state index contributed by atoms with van der Waals surface area (Å²) in [6, 6.07) is 6.39. The zero-order valence-electron chi connectivity index (χ0n) is 18.2. The van der Waals surface area contributed by atoms with Crippen molar-refractivity contribution in [2.24, 2.45) is 0 Å². The maximum absolute atomic E-state index is 13.3. The fraction of sp³-hybridized carbons (Fsp3) is 0.417. The Balaban J connectivity index is 1.61. The molecule has 0 aliphatic carbocycles. The van der Waals surface area contributed by atoms with Gasteiger partial charge in [0, 0.05) is 30.3 Å². The van der Waals surface area contributed by atoms with Crippen LogP contribution in [0.2, 0.25) is 0 Å². The van der Waals surface area contributed by atoms with E-state index in [2.05, 4.69) is 11.9 Å². The Kier molecular flexibility index (Phi) is 7.14. The maximum atomic E-state index is 13.3. The van der Waals surface area contributed by atoms with Gasteiger partial charge in [-0.25, -0.2) is 14.4 Å². The summed E-state index contributed by atoms with van der Waals surface area (Å²) in [4.78, 5) is 16.8. The number of carbonyl (C=O) groups is 1. The van der Waals surface area contributed by atoms with Crippen LogP contribution < -0.4 is 0 Å². The van der Waals surface area contributed by atoms with Gasteiger partial charge >= 0.3 is 0 Å². The van der Waals surface area contributed by atoms with E-state index >= 15 is 0 Å². The zero-order valence-corrected chi connectivity index (χ0v) is 18.2. The first-order valence-corrected chi connectivity index (χ1v) is 11.0. The number of halogens is 1. The van der Waals surface area contributed by atoms with Crippen LogP contribution in [-0.4, -0.2) is 52.1 Å². The molecular weight excluding hydrogens is 413 g/mol. The summed E-state index contributed by atoms with van der Waals surface area (Å²) >= 11 is 0. The van der Waals surface area contributed by atoms with Crippen molar-refractivity contribution in [1.29, 1.82) is 0 Å². The van der Waals surface area contributed by atoms with Crippen LogP contribution in [0, 0.1) is 5.82 Å². The summed E-state index contributed by atoms with van der Waals surface area (Å²) in [5, 5.41) is 11.5. The molecule has 0 saturated carbocycles. The Hall–Kier alpha value is -2.81. The number of hydrogen-bond donors (Lipinski definition) is 1. The Labute approximate surface area is 186 Å². The summed E-state index contributed by atoms with van der Waals surface area (Å²) in [5.74, 6) is -0.764. The highest BCUT2D eigenvalue weighted by molar-refractivity contribution is 6.00. The molecule has 7 nitrogen and oxygen atoms in total. The third-order valence-corrected chi connectivity index (χ3v) is 5.65. The molecule has 4 rings (SSSR count). The molecular formula is C24H28FN3O4. The normalized spacial score (nSPS) is 13.7. The third-order valence-electron chi connectivity index (χ3n) is 5.65. The van der Waals surface area contributed by atoms with Crippen molar-refractivity contribution in [2.45, 2.75) is 39.3 Å². The Morgan fingerprint density at radius 1 is 1.16 bits per heavy atom. The lowest BCUT2D eigenvalue weighted by atomic mass is 9.99. The maximum Gasteiger partial charge on any atom is 0.296 e. The lowest BCUT2D eigenvalue weighted by Gasteiger charge is -2.23. The molecule has 32 heavy (non-hydrogen) atoms. The molecule has 0 saturated heterocycles. The van der Waals surface area contributed by atoms with Crippen LogP contribution in [0.4, 0.5) is 4.39 Å². The van der Waals surface area contributed by atoms with Gasteiger partial charge in [0.1, 0.15) is 11.5 Å². The Morgan fingerprint density at radius 3 is 2.72 bits per heavy atom. The number of rotatable bonds is 10. The van der Waals surface area contributed by atoms with Crippen molar-refractivity contribution < 1.29 is 23.9 Å². The predicted octanol–water partition coefficient (Wildman–Crippen LogP) is 3.94. The highest BCUT2D eigenvalue weighted by Gasteiger charge is 2.28. The van der Waals surface area contributed by atoms with Crippen molar-refractivity contribution in [3.63, 3.8) is 0 Å². The van der Waals surface area contributed by atoms with E-state index in [-0.39, 0.29) is 18.1 Å². The number of aromatic nitrogens is 2. The van der Waals surface area contributed by atoms with E-state index in [0.29, 0.717) is 37.8 Å². The van der Waals surface area contributed by atoms with Gasteiger partial charge in [0.05, 0.1) is 38.1 Å². The molecule has 170 valence electrons. The Bertz CT molecular complexity index is 1080. The average molecular weight is 442 g/mol. The summed E-state index contributed by atoms with van der Waals surface area (Å²) in [7, 11) is 0. The van der Waals surface area contributed by atoms with E-state index in [1.54, 1.807) is 18.3 Å². The van der Waals surface area contributed by atoms with Crippen molar-refractivity contribution >= 4 is 16.8 Å². The molecule has 3 aromatic rings. The number of unbranched alkanes of at least 4 members (excludes halogenated alkanes) is 1. The smallest absolute Gasteiger partial charge is 0.296 e. The summed E-state index contributed by atoms with van der Waals surface area (Å²) in [6.07, 6.45) is 6.30. The molecule has 1 aliphatic rings. The number of hydroxylamine groups is 2. The second kappa shape index (κ2) is 10.2. The first-order valence-electron chi connectivity index (χ1n) is 11.0. The molecule has 0 spiro atoms. The fourth-order valence-corrected chi connectivity index (χ4v) is 3.98. The number of nitrogens with zero attached hydrogens (tertiary/aromatic N) is 3. The van der Waals surface area contributed by atoms with Crippen molar-refractivity contribution in [1.82, 2.24) is 14.6 Å². The topological polar surface area (TPSA) is 76.8 Å². The van der Waals surface area contributed by atoms with Crippen molar-refractivity contribution in [2.75, 3.05) is 26.4 Å². The zero-order chi connectivity index (χ0) is 22.5. The van der Waals surface area contributed by atoms with E-state index < -0.39 is 5.91 Å². The van der Waals surface area contributed by atoms with Crippen molar-refractivity contribution in [3.05, 3.63) is 64.9 Å². The molecule has 1 N–H and O–H groups in total. The molecule has 1 amide bonds. The number of amides is 1. The lowest BCUT2D eigenvalue weighted by molar-refractivity contribution is -0.0606. The van der Waals surface area contributed by atoms with Crippen molar-refractivity contribution in [3.8, 4) is 0 Å². The molecule has 0 fully saturated rings. The number of ether oxygens (including phenoxy) is 2. The third kappa shape index (κ3) is 4.82. The van der Waals surface area contributed by atoms with Gasteiger partial charge in [-0.3, -0.25) is 10.0 Å².